The summed E-state index contributed by atoms with van der Waals surface area (Å²) in [5.41, 5.74) is 4.20. The molecule has 0 fully saturated rings. The topological polar surface area (TPSA) is 60.4 Å². The normalized spacial score (nSPS) is 11.4. The molecule has 4 heterocycles. The average molecular weight is 264 g/mol. The van der Waals surface area contributed by atoms with Crippen molar-refractivity contribution in [3.63, 3.8) is 0 Å². The third-order valence-electron chi connectivity index (χ3n) is 3.37. The molecule has 0 aliphatic carbocycles. The zero-order valence-corrected chi connectivity index (χ0v) is 10.9. The number of hydrogen-bond acceptors (Lipinski definition) is 4. The lowest BCUT2D eigenvalue weighted by Gasteiger charge is -2.01. The van der Waals surface area contributed by atoms with Crippen molar-refractivity contribution in [1.82, 2.24) is 29.0 Å². The van der Waals surface area contributed by atoms with Gasteiger partial charge in [0.15, 0.2) is 0 Å². The lowest BCUT2D eigenvalue weighted by atomic mass is 10.2. The molecule has 0 N–H and O–H groups in total. The van der Waals surface area contributed by atoms with Crippen LogP contribution in [0.5, 0.6) is 0 Å². The van der Waals surface area contributed by atoms with Gasteiger partial charge in [-0.25, -0.2) is 19.5 Å². The summed E-state index contributed by atoms with van der Waals surface area (Å²) in [6.45, 7) is 2.02. The van der Waals surface area contributed by atoms with Gasteiger partial charge in [-0.1, -0.05) is 0 Å². The monoisotopic (exact) mass is 264 g/mol. The quantitative estimate of drug-likeness (QED) is 0.552. The predicted octanol–water partition coefficient (Wildman–Crippen LogP) is 1.67. The Balaban J connectivity index is 1.78. The molecule has 0 bridgehead atoms. The minimum Gasteiger partial charge on any atom is -0.288 e. The van der Waals surface area contributed by atoms with Gasteiger partial charge in [-0.05, 0) is 24.6 Å². The first-order valence-corrected chi connectivity index (χ1v) is 6.37. The molecule has 0 saturated carbocycles. The van der Waals surface area contributed by atoms with E-state index in [1.165, 1.54) is 0 Å². The molecule has 0 atom stereocenters. The standard InChI is InChI=1S/C14H12N6/c1-10-6-15-14-16-7-11(8-19(10)14)5-12-13-3-2-4-18-20(13)9-17-12/h2-4,6-9H,5H2,1H3. The summed E-state index contributed by atoms with van der Waals surface area (Å²) in [7, 11) is 0. The van der Waals surface area contributed by atoms with Crippen molar-refractivity contribution in [2.75, 3.05) is 0 Å². The summed E-state index contributed by atoms with van der Waals surface area (Å²) in [6.07, 6.45) is 9.94. The summed E-state index contributed by atoms with van der Waals surface area (Å²) in [4.78, 5) is 13.0. The Morgan fingerprint density at radius 3 is 3.00 bits per heavy atom. The molecule has 20 heavy (non-hydrogen) atoms. The molecule has 0 aliphatic heterocycles. The maximum atomic E-state index is 4.43. The highest BCUT2D eigenvalue weighted by atomic mass is 15.2. The minimum absolute atomic E-state index is 0.725. The molecule has 0 spiro atoms. The number of hydrogen-bond donors (Lipinski definition) is 0. The van der Waals surface area contributed by atoms with E-state index in [4.69, 9.17) is 0 Å². The number of aromatic nitrogens is 6. The van der Waals surface area contributed by atoms with E-state index in [1.54, 1.807) is 17.0 Å². The molecule has 0 aliphatic rings. The van der Waals surface area contributed by atoms with Crippen LogP contribution in [0.3, 0.4) is 0 Å². The van der Waals surface area contributed by atoms with Crippen LogP contribution in [0.4, 0.5) is 0 Å². The van der Waals surface area contributed by atoms with Gasteiger partial charge in [0.2, 0.25) is 5.78 Å². The molecule has 6 heteroatoms. The maximum Gasteiger partial charge on any atom is 0.233 e. The summed E-state index contributed by atoms with van der Waals surface area (Å²) in [5.74, 6) is 0.725. The molecule has 0 aromatic carbocycles. The Hall–Kier alpha value is -2.76. The largest absolute Gasteiger partial charge is 0.288 e. The zero-order chi connectivity index (χ0) is 13.5. The Morgan fingerprint density at radius 2 is 2.05 bits per heavy atom. The van der Waals surface area contributed by atoms with E-state index >= 15 is 0 Å². The first-order chi connectivity index (χ1) is 9.81. The van der Waals surface area contributed by atoms with E-state index < -0.39 is 0 Å². The Morgan fingerprint density at radius 1 is 1.15 bits per heavy atom. The second-order valence-corrected chi connectivity index (χ2v) is 4.75. The molecule has 0 saturated heterocycles. The highest BCUT2D eigenvalue weighted by Crippen LogP contribution is 2.13. The highest BCUT2D eigenvalue weighted by molar-refractivity contribution is 5.52. The summed E-state index contributed by atoms with van der Waals surface area (Å²) in [5, 5.41) is 4.22. The van der Waals surface area contributed by atoms with Crippen LogP contribution in [-0.4, -0.2) is 29.0 Å². The van der Waals surface area contributed by atoms with Crippen molar-refractivity contribution in [3.05, 3.63) is 60.2 Å². The van der Waals surface area contributed by atoms with Gasteiger partial charge in [-0.3, -0.25) is 4.40 Å². The van der Waals surface area contributed by atoms with E-state index in [0.717, 1.165) is 34.7 Å². The molecule has 0 radical (unpaired) electrons. The molecular weight excluding hydrogens is 252 g/mol. The van der Waals surface area contributed by atoms with Crippen molar-refractivity contribution < 1.29 is 0 Å². The van der Waals surface area contributed by atoms with Crippen LogP contribution >= 0.6 is 0 Å². The fourth-order valence-corrected chi connectivity index (χ4v) is 2.34. The molecular formula is C14H12N6. The summed E-state index contributed by atoms with van der Waals surface area (Å²) >= 11 is 0. The van der Waals surface area contributed by atoms with Gasteiger partial charge < -0.3 is 0 Å². The van der Waals surface area contributed by atoms with Crippen LogP contribution in [0.2, 0.25) is 0 Å². The third kappa shape index (κ3) is 1.65. The van der Waals surface area contributed by atoms with E-state index in [2.05, 4.69) is 26.2 Å². The molecule has 0 amide bonds. The highest BCUT2D eigenvalue weighted by Gasteiger charge is 2.07. The number of nitrogens with zero attached hydrogens (tertiary/aromatic N) is 6. The molecule has 4 aromatic heterocycles. The molecule has 4 aromatic rings. The first kappa shape index (κ1) is 11.1. The number of imidazole rings is 2. The van der Waals surface area contributed by atoms with E-state index in [9.17, 15) is 0 Å². The molecule has 4 rings (SSSR count). The SMILES string of the molecule is Cc1cnc2ncc(Cc3ncn4ncccc34)cn12. The Kier molecular flexibility index (Phi) is 2.29. The smallest absolute Gasteiger partial charge is 0.233 e. The van der Waals surface area contributed by atoms with Gasteiger partial charge in [0.05, 0.1) is 17.4 Å². The van der Waals surface area contributed by atoms with Gasteiger partial charge in [-0.15, -0.1) is 0 Å². The average Bonchev–Trinajstić information content (AvgIpc) is 3.05. The second kappa shape index (κ2) is 4.12. The van der Waals surface area contributed by atoms with Gasteiger partial charge in [0, 0.05) is 30.7 Å². The van der Waals surface area contributed by atoms with Crippen molar-refractivity contribution in [3.8, 4) is 0 Å². The van der Waals surface area contributed by atoms with E-state index in [1.807, 2.05) is 35.9 Å². The Labute approximate surface area is 114 Å². The van der Waals surface area contributed by atoms with Gasteiger partial charge in [0.25, 0.3) is 0 Å². The van der Waals surface area contributed by atoms with Crippen LogP contribution < -0.4 is 0 Å². The lowest BCUT2D eigenvalue weighted by Crippen LogP contribution is -1.97. The lowest BCUT2D eigenvalue weighted by molar-refractivity contribution is 0.926. The van der Waals surface area contributed by atoms with Crippen molar-refractivity contribution in [1.29, 1.82) is 0 Å². The predicted molar refractivity (Wildman–Crippen MR) is 73.5 cm³/mol. The second-order valence-electron chi connectivity index (χ2n) is 4.75. The third-order valence-corrected chi connectivity index (χ3v) is 3.37. The fourth-order valence-electron chi connectivity index (χ4n) is 2.34. The van der Waals surface area contributed by atoms with Crippen LogP contribution in [0.15, 0.2) is 43.2 Å². The maximum absolute atomic E-state index is 4.43. The van der Waals surface area contributed by atoms with Gasteiger partial charge >= 0.3 is 0 Å². The summed E-state index contributed by atoms with van der Waals surface area (Å²) in [6, 6.07) is 3.94. The van der Waals surface area contributed by atoms with Crippen LogP contribution in [0.25, 0.3) is 11.3 Å². The van der Waals surface area contributed by atoms with Crippen LogP contribution in [0, 0.1) is 6.92 Å². The zero-order valence-electron chi connectivity index (χ0n) is 10.9. The minimum atomic E-state index is 0.725. The number of rotatable bonds is 2. The Bertz CT molecular complexity index is 904. The number of aryl methyl sites for hydroxylation is 1. The fraction of sp³-hybridized carbons (Fsp3) is 0.143. The molecule has 6 nitrogen and oxygen atoms in total. The summed E-state index contributed by atoms with van der Waals surface area (Å²) < 4.78 is 3.77. The molecule has 98 valence electrons. The van der Waals surface area contributed by atoms with Crippen molar-refractivity contribution in [2.24, 2.45) is 0 Å². The number of fused-ring (bicyclic) bond motifs is 2. The van der Waals surface area contributed by atoms with Crippen LogP contribution in [0.1, 0.15) is 17.0 Å². The van der Waals surface area contributed by atoms with Gasteiger partial charge in [-0.2, -0.15) is 5.10 Å². The van der Waals surface area contributed by atoms with Gasteiger partial charge in [0.1, 0.15) is 6.33 Å². The van der Waals surface area contributed by atoms with Crippen LogP contribution in [-0.2, 0) is 6.42 Å². The van der Waals surface area contributed by atoms with Crippen molar-refractivity contribution >= 4 is 11.3 Å². The molecule has 0 unspecified atom stereocenters. The first-order valence-electron chi connectivity index (χ1n) is 6.37. The van der Waals surface area contributed by atoms with E-state index in [-0.39, 0.29) is 0 Å². The van der Waals surface area contributed by atoms with E-state index in [0.29, 0.717) is 0 Å². The van der Waals surface area contributed by atoms with Crippen molar-refractivity contribution in [2.45, 2.75) is 13.3 Å².